The van der Waals surface area contributed by atoms with Crippen molar-refractivity contribution in [3.63, 3.8) is 0 Å². The molecule has 0 aliphatic carbocycles. The zero-order valence-corrected chi connectivity index (χ0v) is 11.9. The smallest absolute Gasteiger partial charge is 0.334 e. The monoisotopic (exact) mass is 293 g/mol. The van der Waals surface area contributed by atoms with E-state index in [0.717, 1.165) is 11.3 Å². The maximum atomic E-state index is 12.0. The first-order valence-electron chi connectivity index (χ1n) is 6.88. The van der Waals surface area contributed by atoms with Crippen LogP contribution < -0.4 is 4.74 Å². The molecule has 1 fully saturated rings. The van der Waals surface area contributed by atoms with Crippen LogP contribution in [0, 0.1) is 6.92 Å². The Morgan fingerprint density at radius 1 is 1.43 bits per heavy atom. The summed E-state index contributed by atoms with van der Waals surface area (Å²) in [6.45, 7) is 2.99. The molecule has 1 aromatic rings. The van der Waals surface area contributed by atoms with Crippen LogP contribution in [0.1, 0.15) is 12.0 Å². The van der Waals surface area contributed by atoms with E-state index in [9.17, 15) is 9.59 Å². The predicted molar refractivity (Wildman–Crippen MR) is 75.2 cm³/mol. The Kier molecular flexibility index (Phi) is 5.16. The lowest BCUT2D eigenvalue weighted by Gasteiger charge is -2.30. The molecule has 0 aromatic heterocycles. The molecule has 21 heavy (non-hydrogen) atoms. The fraction of sp³-hybridized carbons (Fsp3) is 0.467. The van der Waals surface area contributed by atoms with Gasteiger partial charge in [0.1, 0.15) is 5.75 Å². The lowest BCUT2D eigenvalue weighted by molar-refractivity contribution is -0.159. The van der Waals surface area contributed by atoms with Crippen LogP contribution in [-0.4, -0.2) is 54.3 Å². The van der Waals surface area contributed by atoms with Crippen LogP contribution in [0.5, 0.6) is 5.75 Å². The predicted octanol–water partition coefficient (Wildman–Crippen LogP) is 1.08. The number of hydrogen-bond acceptors (Lipinski definition) is 4. The summed E-state index contributed by atoms with van der Waals surface area (Å²) in [5.41, 5.74) is 1.02. The Bertz CT molecular complexity index is 517. The van der Waals surface area contributed by atoms with Gasteiger partial charge in [-0.25, -0.2) is 4.79 Å². The molecular weight excluding hydrogens is 274 g/mol. The minimum Gasteiger partial charge on any atom is -0.493 e. The first kappa shape index (κ1) is 15.3. The Morgan fingerprint density at radius 3 is 2.90 bits per heavy atom. The van der Waals surface area contributed by atoms with Crippen molar-refractivity contribution in [2.75, 3.05) is 26.3 Å². The number of para-hydroxylation sites is 1. The number of nitrogens with zero attached hydrogens (tertiary/aromatic N) is 1. The van der Waals surface area contributed by atoms with Crippen molar-refractivity contribution in [3.8, 4) is 5.75 Å². The summed E-state index contributed by atoms with van der Waals surface area (Å²) >= 11 is 0. The average Bonchev–Trinajstić information content (AvgIpc) is 2.49. The van der Waals surface area contributed by atoms with Gasteiger partial charge in [-0.05, 0) is 18.6 Å². The van der Waals surface area contributed by atoms with Crippen molar-refractivity contribution >= 4 is 11.9 Å². The molecule has 0 spiro atoms. The van der Waals surface area contributed by atoms with E-state index in [2.05, 4.69) is 0 Å². The van der Waals surface area contributed by atoms with Gasteiger partial charge in [0.05, 0.1) is 26.2 Å². The molecule has 0 radical (unpaired) electrons. The largest absolute Gasteiger partial charge is 0.493 e. The summed E-state index contributed by atoms with van der Waals surface area (Å²) in [5, 5.41) is 8.91. The summed E-state index contributed by atoms with van der Waals surface area (Å²) in [7, 11) is 0. The molecule has 1 atom stereocenters. The number of rotatable bonds is 5. The number of aryl methyl sites for hydroxylation is 1. The molecule has 1 aliphatic heterocycles. The molecule has 2 rings (SSSR count). The van der Waals surface area contributed by atoms with E-state index < -0.39 is 12.1 Å². The van der Waals surface area contributed by atoms with Gasteiger partial charge in [0.25, 0.3) is 0 Å². The lowest BCUT2D eigenvalue weighted by atomic mass is 10.2. The second kappa shape index (κ2) is 7.08. The minimum atomic E-state index is -1.04. The van der Waals surface area contributed by atoms with Crippen LogP contribution in [0.4, 0.5) is 0 Å². The van der Waals surface area contributed by atoms with Crippen molar-refractivity contribution < 1.29 is 24.2 Å². The van der Waals surface area contributed by atoms with Gasteiger partial charge in [-0.3, -0.25) is 4.79 Å². The van der Waals surface area contributed by atoms with Gasteiger partial charge in [0.15, 0.2) is 6.10 Å². The van der Waals surface area contributed by atoms with E-state index in [-0.39, 0.29) is 32.1 Å². The van der Waals surface area contributed by atoms with Gasteiger partial charge in [-0.2, -0.15) is 0 Å². The Hall–Kier alpha value is -2.08. The van der Waals surface area contributed by atoms with Gasteiger partial charge < -0.3 is 19.5 Å². The standard InChI is InChI=1S/C15H19NO5/c1-11-4-2-3-5-12(11)20-8-6-14(17)16-7-9-21-13(10-16)15(18)19/h2-5,13H,6-10H2,1H3,(H,18,19). The van der Waals surface area contributed by atoms with E-state index in [4.69, 9.17) is 14.6 Å². The topological polar surface area (TPSA) is 76.1 Å². The highest BCUT2D eigenvalue weighted by molar-refractivity contribution is 5.78. The third-order valence-electron chi connectivity index (χ3n) is 3.36. The summed E-state index contributed by atoms with van der Waals surface area (Å²) in [6, 6.07) is 7.60. The van der Waals surface area contributed by atoms with Crippen molar-refractivity contribution in [3.05, 3.63) is 29.8 Å². The molecule has 0 bridgehead atoms. The molecule has 0 saturated carbocycles. The van der Waals surface area contributed by atoms with E-state index >= 15 is 0 Å². The van der Waals surface area contributed by atoms with Crippen LogP contribution >= 0.6 is 0 Å². The summed E-state index contributed by atoms with van der Waals surface area (Å²) in [4.78, 5) is 24.4. The molecule has 1 unspecified atom stereocenters. The van der Waals surface area contributed by atoms with Crippen LogP contribution in [0.15, 0.2) is 24.3 Å². The first-order chi connectivity index (χ1) is 10.1. The van der Waals surface area contributed by atoms with Crippen LogP contribution in [0.3, 0.4) is 0 Å². The number of carboxylic acids is 1. The Morgan fingerprint density at radius 2 is 2.19 bits per heavy atom. The highest BCUT2D eigenvalue weighted by Crippen LogP contribution is 2.16. The normalized spacial score (nSPS) is 18.3. The highest BCUT2D eigenvalue weighted by Gasteiger charge is 2.28. The van der Waals surface area contributed by atoms with Gasteiger partial charge >= 0.3 is 5.97 Å². The molecule has 1 amide bonds. The quantitative estimate of drug-likeness (QED) is 0.879. The maximum absolute atomic E-state index is 12.0. The number of ether oxygens (including phenoxy) is 2. The third-order valence-corrected chi connectivity index (χ3v) is 3.36. The molecule has 1 aromatic carbocycles. The summed E-state index contributed by atoms with van der Waals surface area (Å²) < 4.78 is 10.7. The molecule has 6 heteroatoms. The van der Waals surface area contributed by atoms with Gasteiger partial charge in [0, 0.05) is 6.54 Å². The Labute approximate surface area is 123 Å². The maximum Gasteiger partial charge on any atom is 0.334 e. The van der Waals surface area contributed by atoms with E-state index in [1.54, 1.807) is 0 Å². The number of aliphatic carboxylic acids is 1. The summed E-state index contributed by atoms with van der Waals surface area (Å²) in [6.07, 6.45) is -0.708. The number of carbonyl (C=O) groups excluding carboxylic acids is 1. The molecule has 1 aliphatic rings. The molecule has 1 heterocycles. The number of morpholine rings is 1. The van der Waals surface area contributed by atoms with Crippen LogP contribution in [0.25, 0.3) is 0 Å². The molecule has 1 N–H and O–H groups in total. The fourth-order valence-corrected chi connectivity index (χ4v) is 2.15. The van der Waals surface area contributed by atoms with E-state index in [1.807, 2.05) is 31.2 Å². The van der Waals surface area contributed by atoms with Crippen molar-refractivity contribution in [1.82, 2.24) is 4.90 Å². The number of amides is 1. The number of carbonyl (C=O) groups is 2. The zero-order valence-electron chi connectivity index (χ0n) is 11.9. The molecule has 6 nitrogen and oxygen atoms in total. The van der Waals surface area contributed by atoms with Crippen LogP contribution in [0.2, 0.25) is 0 Å². The first-order valence-corrected chi connectivity index (χ1v) is 6.88. The number of hydrogen-bond donors (Lipinski definition) is 1. The summed E-state index contributed by atoms with van der Waals surface area (Å²) in [5.74, 6) is -0.391. The zero-order chi connectivity index (χ0) is 15.2. The van der Waals surface area contributed by atoms with Crippen LogP contribution in [-0.2, 0) is 14.3 Å². The lowest BCUT2D eigenvalue weighted by Crippen LogP contribution is -2.48. The van der Waals surface area contributed by atoms with E-state index in [1.165, 1.54) is 4.90 Å². The van der Waals surface area contributed by atoms with Crippen molar-refractivity contribution in [2.24, 2.45) is 0 Å². The minimum absolute atomic E-state index is 0.0958. The third kappa shape index (κ3) is 4.19. The SMILES string of the molecule is Cc1ccccc1OCCC(=O)N1CCOC(C(=O)O)C1. The van der Waals surface area contributed by atoms with Gasteiger partial charge in [-0.1, -0.05) is 18.2 Å². The number of benzene rings is 1. The van der Waals surface area contributed by atoms with E-state index in [0.29, 0.717) is 6.54 Å². The van der Waals surface area contributed by atoms with Crippen molar-refractivity contribution in [1.29, 1.82) is 0 Å². The van der Waals surface area contributed by atoms with Gasteiger partial charge in [-0.15, -0.1) is 0 Å². The van der Waals surface area contributed by atoms with Crippen molar-refractivity contribution in [2.45, 2.75) is 19.4 Å². The second-order valence-electron chi connectivity index (χ2n) is 4.90. The second-order valence-corrected chi connectivity index (χ2v) is 4.90. The molecule has 1 saturated heterocycles. The highest BCUT2D eigenvalue weighted by atomic mass is 16.5. The average molecular weight is 293 g/mol. The van der Waals surface area contributed by atoms with Gasteiger partial charge in [0.2, 0.25) is 5.91 Å². The number of carboxylic acid groups (broad SMARTS) is 1. The molecular formula is C15H19NO5. The molecule has 114 valence electrons. The Balaban J connectivity index is 1.79. The fourth-order valence-electron chi connectivity index (χ4n) is 2.15.